The summed E-state index contributed by atoms with van der Waals surface area (Å²) in [7, 11) is 0. The Hall–Kier alpha value is -1.76. The Morgan fingerprint density at radius 3 is 2.80 bits per heavy atom. The second-order valence-corrected chi connectivity index (χ2v) is 5.07. The van der Waals surface area contributed by atoms with Gasteiger partial charge >= 0.3 is 0 Å². The van der Waals surface area contributed by atoms with Gasteiger partial charge in [-0.25, -0.2) is 0 Å². The lowest BCUT2D eigenvalue weighted by Crippen LogP contribution is -2.26. The molecule has 2 N–H and O–H groups in total. The van der Waals surface area contributed by atoms with Crippen molar-refractivity contribution < 1.29 is 9.72 Å². The highest BCUT2D eigenvalue weighted by Crippen LogP contribution is 2.28. The molecular formula is C13H19N3O3S. The van der Waals surface area contributed by atoms with Gasteiger partial charge in [-0.1, -0.05) is 6.07 Å². The fourth-order valence-corrected chi connectivity index (χ4v) is 2.19. The van der Waals surface area contributed by atoms with Gasteiger partial charge in [0.15, 0.2) is 0 Å². The number of benzene rings is 1. The zero-order chi connectivity index (χ0) is 15.0. The predicted molar refractivity (Wildman–Crippen MR) is 82.6 cm³/mol. The van der Waals surface area contributed by atoms with Crippen molar-refractivity contribution in [3.63, 3.8) is 0 Å². The third-order valence-electron chi connectivity index (χ3n) is 2.65. The Kier molecular flexibility index (Phi) is 6.86. The molecule has 0 saturated heterocycles. The molecule has 0 aromatic heterocycles. The largest absolute Gasteiger partial charge is 0.379 e. The number of hydrogen-bond acceptors (Lipinski definition) is 5. The Balaban J connectivity index is 2.89. The van der Waals surface area contributed by atoms with Crippen LogP contribution in [-0.4, -0.2) is 35.9 Å². The monoisotopic (exact) mass is 297 g/mol. The lowest BCUT2D eigenvalue weighted by atomic mass is 10.1. The van der Waals surface area contributed by atoms with Crippen molar-refractivity contribution in [2.45, 2.75) is 13.3 Å². The average Bonchev–Trinajstić information content (AvgIpc) is 2.43. The maximum absolute atomic E-state index is 12.1. The number of rotatable bonds is 8. The van der Waals surface area contributed by atoms with Gasteiger partial charge in [0.05, 0.1) is 10.5 Å². The van der Waals surface area contributed by atoms with Gasteiger partial charge in [0.1, 0.15) is 5.69 Å². The number of nitrogens with zero attached hydrogens (tertiary/aromatic N) is 1. The van der Waals surface area contributed by atoms with Crippen molar-refractivity contribution in [1.29, 1.82) is 0 Å². The molecule has 0 aliphatic carbocycles. The number of thioether (sulfide) groups is 1. The van der Waals surface area contributed by atoms with Crippen molar-refractivity contribution in [2.24, 2.45) is 0 Å². The van der Waals surface area contributed by atoms with Gasteiger partial charge in [0.2, 0.25) is 0 Å². The first-order chi connectivity index (χ1) is 9.61. The number of carbonyl (C=O) groups is 1. The summed E-state index contributed by atoms with van der Waals surface area (Å²) in [6.07, 6.45) is 2.88. The topological polar surface area (TPSA) is 84.3 Å². The van der Waals surface area contributed by atoms with Gasteiger partial charge in [-0.15, -0.1) is 0 Å². The van der Waals surface area contributed by atoms with Crippen molar-refractivity contribution >= 4 is 29.0 Å². The molecule has 0 heterocycles. The molecule has 1 aromatic carbocycles. The van der Waals surface area contributed by atoms with Crippen LogP contribution >= 0.6 is 11.8 Å². The number of hydrogen-bond donors (Lipinski definition) is 2. The first kappa shape index (κ1) is 16.3. The standard InChI is InChI=1S/C13H19N3O3S/c1-3-14-12-10(6-4-7-11(12)16(18)19)13(17)15-8-5-9-20-2/h4,6-7,14H,3,5,8-9H2,1-2H3,(H,15,17). The molecule has 0 unspecified atom stereocenters. The molecule has 0 fully saturated rings. The van der Waals surface area contributed by atoms with E-state index >= 15 is 0 Å². The highest BCUT2D eigenvalue weighted by molar-refractivity contribution is 7.98. The normalized spacial score (nSPS) is 10.1. The highest BCUT2D eigenvalue weighted by Gasteiger charge is 2.20. The van der Waals surface area contributed by atoms with Gasteiger partial charge in [0.25, 0.3) is 11.6 Å². The van der Waals surface area contributed by atoms with E-state index in [1.54, 1.807) is 17.8 Å². The first-order valence-electron chi connectivity index (χ1n) is 6.40. The number of nitro groups is 1. The van der Waals surface area contributed by atoms with Crippen molar-refractivity contribution in [3.05, 3.63) is 33.9 Å². The van der Waals surface area contributed by atoms with Gasteiger partial charge in [-0.05, 0) is 31.4 Å². The van der Waals surface area contributed by atoms with E-state index in [9.17, 15) is 14.9 Å². The summed E-state index contributed by atoms with van der Waals surface area (Å²) < 4.78 is 0. The minimum atomic E-state index is -0.484. The lowest BCUT2D eigenvalue weighted by Gasteiger charge is -2.11. The third kappa shape index (κ3) is 4.41. The van der Waals surface area contributed by atoms with Crippen LogP contribution in [0.1, 0.15) is 23.7 Å². The summed E-state index contributed by atoms with van der Waals surface area (Å²) >= 11 is 1.71. The lowest BCUT2D eigenvalue weighted by molar-refractivity contribution is -0.384. The molecule has 7 heteroatoms. The number of amides is 1. The Morgan fingerprint density at radius 1 is 1.45 bits per heavy atom. The van der Waals surface area contributed by atoms with Crippen LogP contribution in [0.4, 0.5) is 11.4 Å². The SMILES string of the molecule is CCNc1c(C(=O)NCCCSC)cccc1[N+](=O)[O-]. The van der Waals surface area contributed by atoms with E-state index in [2.05, 4.69) is 10.6 Å². The van der Waals surface area contributed by atoms with E-state index in [-0.39, 0.29) is 17.3 Å². The van der Waals surface area contributed by atoms with Crippen LogP contribution < -0.4 is 10.6 Å². The van der Waals surface area contributed by atoms with Crippen LogP contribution in [0.15, 0.2) is 18.2 Å². The van der Waals surface area contributed by atoms with E-state index in [1.807, 2.05) is 13.2 Å². The molecule has 0 atom stereocenters. The minimum absolute atomic E-state index is 0.0800. The quantitative estimate of drug-likeness (QED) is 0.437. The van der Waals surface area contributed by atoms with Gasteiger partial charge in [-0.2, -0.15) is 11.8 Å². The molecule has 0 saturated carbocycles. The Labute approximate surface area is 122 Å². The van der Waals surface area contributed by atoms with Crippen LogP contribution in [-0.2, 0) is 0 Å². The maximum Gasteiger partial charge on any atom is 0.293 e. The number of anilines is 1. The van der Waals surface area contributed by atoms with Gasteiger partial charge in [-0.3, -0.25) is 14.9 Å². The fraction of sp³-hybridized carbons (Fsp3) is 0.462. The van der Waals surface area contributed by atoms with E-state index in [1.165, 1.54) is 12.1 Å². The summed E-state index contributed by atoms with van der Waals surface area (Å²) in [5.74, 6) is 0.681. The van der Waals surface area contributed by atoms with Crippen molar-refractivity contribution in [2.75, 3.05) is 30.4 Å². The smallest absolute Gasteiger partial charge is 0.293 e. The molecule has 20 heavy (non-hydrogen) atoms. The van der Waals surface area contributed by atoms with Crippen LogP contribution in [0.25, 0.3) is 0 Å². The molecule has 1 amide bonds. The molecule has 0 radical (unpaired) electrons. The second-order valence-electron chi connectivity index (χ2n) is 4.09. The van der Waals surface area contributed by atoms with Crippen LogP contribution in [0.5, 0.6) is 0 Å². The van der Waals surface area contributed by atoms with E-state index in [4.69, 9.17) is 0 Å². The molecule has 0 aliphatic heterocycles. The fourth-order valence-electron chi connectivity index (χ4n) is 1.76. The van der Waals surface area contributed by atoms with E-state index in [0.29, 0.717) is 18.7 Å². The van der Waals surface area contributed by atoms with Crippen LogP contribution in [0.2, 0.25) is 0 Å². The number of nitrogens with one attached hydrogen (secondary N) is 2. The summed E-state index contributed by atoms with van der Waals surface area (Å²) in [5, 5.41) is 16.7. The first-order valence-corrected chi connectivity index (χ1v) is 7.79. The summed E-state index contributed by atoms with van der Waals surface area (Å²) in [6.45, 7) is 2.91. The maximum atomic E-state index is 12.1. The number of carbonyl (C=O) groups excluding carboxylic acids is 1. The molecule has 1 rings (SSSR count). The van der Waals surface area contributed by atoms with Gasteiger partial charge in [0, 0.05) is 19.2 Å². The molecule has 0 aliphatic rings. The molecule has 0 bridgehead atoms. The molecule has 110 valence electrons. The zero-order valence-electron chi connectivity index (χ0n) is 11.6. The molecule has 1 aromatic rings. The minimum Gasteiger partial charge on any atom is -0.379 e. The number of nitro benzene ring substituents is 1. The van der Waals surface area contributed by atoms with Gasteiger partial charge < -0.3 is 10.6 Å². The molecular weight excluding hydrogens is 278 g/mol. The predicted octanol–water partition coefficient (Wildman–Crippen LogP) is 2.51. The summed E-state index contributed by atoms with van der Waals surface area (Å²) in [6, 6.07) is 4.51. The van der Waals surface area contributed by atoms with Crippen molar-refractivity contribution in [1.82, 2.24) is 5.32 Å². The Morgan fingerprint density at radius 2 is 2.20 bits per heavy atom. The van der Waals surface area contributed by atoms with Crippen molar-refractivity contribution in [3.8, 4) is 0 Å². The Bertz CT molecular complexity index is 480. The van der Waals surface area contributed by atoms with E-state index in [0.717, 1.165) is 12.2 Å². The average molecular weight is 297 g/mol. The van der Waals surface area contributed by atoms with Crippen LogP contribution in [0.3, 0.4) is 0 Å². The molecule has 0 spiro atoms. The molecule has 6 nitrogen and oxygen atoms in total. The zero-order valence-corrected chi connectivity index (χ0v) is 12.5. The van der Waals surface area contributed by atoms with E-state index < -0.39 is 4.92 Å². The number of para-hydroxylation sites is 1. The summed E-state index contributed by atoms with van der Waals surface area (Å²) in [4.78, 5) is 22.6. The highest BCUT2D eigenvalue weighted by atomic mass is 32.2. The summed E-state index contributed by atoms with van der Waals surface area (Å²) in [5.41, 5.74) is 0.510. The third-order valence-corrected chi connectivity index (χ3v) is 3.35. The van der Waals surface area contributed by atoms with Crippen LogP contribution in [0, 0.1) is 10.1 Å². The second kappa shape index (κ2) is 8.42.